The van der Waals surface area contributed by atoms with Crippen molar-refractivity contribution in [3.63, 3.8) is 0 Å². The van der Waals surface area contributed by atoms with Gasteiger partial charge in [0.25, 0.3) is 0 Å². The number of ketones is 1. The highest BCUT2D eigenvalue weighted by atomic mass is 16.5. The lowest BCUT2D eigenvalue weighted by atomic mass is 9.91. The Hall–Kier alpha value is -1.94. The molecule has 0 saturated heterocycles. The van der Waals surface area contributed by atoms with Crippen molar-refractivity contribution in [1.82, 2.24) is 5.32 Å². The standard InChI is InChI=1S/C14H13NO3/c16-13(11-5-6-18-14(11)17)12-7-9-3-1-2-4-10(9)8-15-12/h1-5,12,15H,6-8H2. The van der Waals surface area contributed by atoms with E-state index in [2.05, 4.69) is 5.32 Å². The number of Topliss-reactive ketones (excluding diaryl/α,β-unsaturated/α-hetero) is 1. The molecule has 0 aromatic heterocycles. The molecule has 1 aromatic rings. The van der Waals surface area contributed by atoms with E-state index >= 15 is 0 Å². The zero-order valence-corrected chi connectivity index (χ0v) is 9.81. The fourth-order valence-corrected chi connectivity index (χ4v) is 2.39. The number of rotatable bonds is 2. The van der Waals surface area contributed by atoms with Crippen LogP contribution in [0.15, 0.2) is 35.9 Å². The van der Waals surface area contributed by atoms with Gasteiger partial charge in [-0.2, -0.15) is 0 Å². The summed E-state index contributed by atoms with van der Waals surface area (Å²) in [6.45, 7) is 0.873. The highest BCUT2D eigenvalue weighted by Crippen LogP contribution is 2.19. The maximum Gasteiger partial charge on any atom is 0.341 e. The molecule has 0 radical (unpaired) electrons. The van der Waals surface area contributed by atoms with Crippen molar-refractivity contribution in [3.8, 4) is 0 Å². The zero-order chi connectivity index (χ0) is 12.5. The normalized spacial score (nSPS) is 22.1. The van der Waals surface area contributed by atoms with E-state index in [-0.39, 0.29) is 24.0 Å². The minimum absolute atomic E-state index is 0.160. The first-order chi connectivity index (χ1) is 8.75. The number of hydrogen-bond donors (Lipinski definition) is 1. The van der Waals surface area contributed by atoms with E-state index < -0.39 is 5.97 Å². The molecule has 2 aliphatic rings. The van der Waals surface area contributed by atoms with Gasteiger partial charge in [-0.15, -0.1) is 0 Å². The average Bonchev–Trinajstić information content (AvgIpc) is 2.83. The quantitative estimate of drug-likeness (QED) is 0.615. The molecule has 4 nitrogen and oxygen atoms in total. The number of fused-ring (bicyclic) bond motifs is 1. The summed E-state index contributed by atoms with van der Waals surface area (Å²) in [5, 5.41) is 3.17. The Labute approximate surface area is 105 Å². The van der Waals surface area contributed by atoms with Gasteiger partial charge in [-0.25, -0.2) is 4.79 Å². The third-order valence-corrected chi connectivity index (χ3v) is 3.39. The third-order valence-electron chi connectivity index (χ3n) is 3.39. The smallest absolute Gasteiger partial charge is 0.341 e. The topological polar surface area (TPSA) is 55.4 Å². The first kappa shape index (κ1) is 11.2. The van der Waals surface area contributed by atoms with Crippen LogP contribution in [0.25, 0.3) is 0 Å². The van der Waals surface area contributed by atoms with Crippen LogP contribution in [0.4, 0.5) is 0 Å². The monoisotopic (exact) mass is 243 g/mol. The second kappa shape index (κ2) is 4.38. The number of cyclic esters (lactones) is 1. The van der Waals surface area contributed by atoms with E-state index in [1.807, 2.05) is 24.3 Å². The lowest BCUT2D eigenvalue weighted by Gasteiger charge is -2.24. The largest absolute Gasteiger partial charge is 0.458 e. The van der Waals surface area contributed by atoms with Crippen LogP contribution in [0.5, 0.6) is 0 Å². The predicted octanol–water partition coefficient (Wildman–Crippen LogP) is 0.753. The second-order valence-electron chi connectivity index (χ2n) is 4.49. The Kier molecular flexibility index (Phi) is 2.72. The van der Waals surface area contributed by atoms with Crippen LogP contribution >= 0.6 is 0 Å². The Balaban J connectivity index is 1.80. The summed E-state index contributed by atoms with van der Waals surface area (Å²) < 4.78 is 4.77. The van der Waals surface area contributed by atoms with Gasteiger partial charge in [0.05, 0.1) is 6.04 Å². The summed E-state index contributed by atoms with van der Waals surface area (Å²) in [7, 11) is 0. The van der Waals surface area contributed by atoms with Crippen molar-refractivity contribution in [2.75, 3.05) is 6.61 Å². The summed E-state index contributed by atoms with van der Waals surface area (Å²) >= 11 is 0. The number of carbonyl (C=O) groups excluding carboxylic acids is 2. The Bertz CT molecular complexity index is 548. The summed E-state index contributed by atoms with van der Waals surface area (Å²) in [5.74, 6) is -0.660. The maximum absolute atomic E-state index is 12.2. The van der Waals surface area contributed by atoms with E-state index in [4.69, 9.17) is 4.74 Å². The molecular formula is C14H13NO3. The lowest BCUT2D eigenvalue weighted by Crippen LogP contribution is -2.43. The van der Waals surface area contributed by atoms with Gasteiger partial charge in [-0.1, -0.05) is 24.3 Å². The van der Waals surface area contributed by atoms with Crippen molar-refractivity contribution in [2.24, 2.45) is 0 Å². The SMILES string of the molecule is O=C1OCC=C1C(=O)C1Cc2ccccc2CN1. The molecule has 1 unspecified atom stereocenters. The molecule has 0 bridgehead atoms. The van der Waals surface area contributed by atoms with Gasteiger partial charge in [0.1, 0.15) is 12.2 Å². The van der Waals surface area contributed by atoms with Crippen molar-refractivity contribution in [2.45, 2.75) is 19.0 Å². The molecule has 0 aliphatic carbocycles. The van der Waals surface area contributed by atoms with Crippen LogP contribution in [0, 0.1) is 0 Å². The van der Waals surface area contributed by atoms with Gasteiger partial charge in [0, 0.05) is 6.54 Å². The van der Waals surface area contributed by atoms with Crippen LogP contribution in [-0.4, -0.2) is 24.4 Å². The van der Waals surface area contributed by atoms with Gasteiger partial charge in [-0.05, 0) is 23.6 Å². The number of ether oxygens (including phenoxy) is 1. The molecule has 0 fully saturated rings. The number of esters is 1. The summed E-state index contributed by atoms with van der Waals surface area (Å²) in [6.07, 6.45) is 2.19. The van der Waals surface area contributed by atoms with Gasteiger partial charge in [0.15, 0.2) is 5.78 Å². The zero-order valence-electron chi connectivity index (χ0n) is 9.81. The van der Waals surface area contributed by atoms with Crippen molar-refractivity contribution >= 4 is 11.8 Å². The summed E-state index contributed by atoms with van der Waals surface area (Å²) in [5.41, 5.74) is 2.57. The first-order valence-electron chi connectivity index (χ1n) is 5.97. The molecule has 4 heteroatoms. The lowest BCUT2D eigenvalue weighted by molar-refractivity contribution is -0.137. The van der Waals surface area contributed by atoms with Crippen molar-refractivity contribution in [3.05, 3.63) is 47.0 Å². The third kappa shape index (κ3) is 1.84. The number of nitrogens with one attached hydrogen (secondary N) is 1. The van der Waals surface area contributed by atoms with Crippen LogP contribution in [0.1, 0.15) is 11.1 Å². The molecular weight excluding hydrogens is 230 g/mol. The predicted molar refractivity (Wildman–Crippen MR) is 64.8 cm³/mol. The molecule has 1 atom stereocenters. The number of benzene rings is 1. The highest BCUT2D eigenvalue weighted by molar-refractivity contribution is 6.20. The fourth-order valence-electron chi connectivity index (χ4n) is 2.39. The number of carbonyl (C=O) groups is 2. The molecule has 92 valence electrons. The van der Waals surface area contributed by atoms with E-state index in [1.165, 1.54) is 11.1 Å². The summed E-state index contributed by atoms with van der Waals surface area (Å²) in [4.78, 5) is 23.6. The van der Waals surface area contributed by atoms with Gasteiger partial charge in [-0.3, -0.25) is 4.79 Å². The van der Waals surface area contributed by atoms with Crippen LogP contribution in [-0.2, 0) is 27.3 Å². The van der Waals surface area contributed by atoms with Crippen LogP contribution in [0.3, 0.4) is 0 Å². The molecule has 0 amide bonds. The highest BCUT2D eigenvalue weighted by Gasteiger charge is 2.31. The molecule has 1 aromatic carbocycles. The van der Waals surface area contributed by atoms with E-state index in [1.54, 1.807) is 6.08 Å². The van der Waals surface area contributed by atoms with E-state index in [9.17, 15) is 9.59 Å². The van der Waals surface area contributed by atoms with Gasteiger partial charge >= 0.3 is 5.97 Å². The van der Waals surface area contributed by atoms with Crippen molar-refractivity contribution in [1.29, 1.82) is 0 Å². The molecule has 0 spiro atoms. The molecule has 2 heterocycles. The molecule has 18 heavy (non-hydrogen) atoms. The maximum atomic E-state index is 12.2. The van der Waals surface area contributed by atoms with Crippen molar-refractivity contribution < 1.29 is 14.3 Å². The fraction of sp³-hybridized carbons (Fsp3) is 0.286. The average molecular weight is 243 g/mol. The first-order valence-corrected chi connectivity index (χ1v) is 5.97. The minimum Gasteiger partial charge on any atom is -0.458 e. The molecule has 0 saturated carbocycles. The van der Waals surface area contributed by atoms with E-state index in [0.717, 1.165) is 0 Å². The minimum atomic E-state index is -0.499. The molecule has 1 N–H and O–H groups in total. The molecule has 2 aliphatic heterocycles. The second-order valence-corrected chi connectivity index (χ2v) is 4.49. The van der Waals surface area contributed by atoms with Crippen LogP contribution in [0.2, 0.25) is 0 Å². The van der Waals surface area contributed by atoms with Gasteiger partial charge < -0.3 is 10.1 Å². The van der Waals surface area contributed by atoms with E-state index in [0.29, 0.717) is 13.0 Å². The number of hydrogen-bond acceptors (Lipinski definition) is 4. The Morgan fingerprint density at radius 2 is 2.06 bits per heavy atom. The Morgan fingerprint density at radius 1 is 1.28 bits per heavy atom. The summed E-state index contributed by atoms with van der Waals surface area (Å²) in [6, 6.07) is 7.70. The molecule has 3 rings (SSSR count). The van der Waals surface area contributed by atoms with Crippen LogP contribution < -0.4 is 5.32 Å². The Morgan fingerprint density at radius 3 is 2.78 bits per heavy atom. The van der Waals surface area contributed by atoms with Gasteiger partial charge in [0.2, 0.25) is 0 Å².